The van der Waals surface area contributed by atoms with Crippen molar-refractivity contribution in [2.45, 2.75) is 46.7 Å². The van der Waals surface area contributed by atoms with Gasteiger partial charge < -0.3 is 10.2 Å². The van der Waals surface area contributed by atoms with Gasteiger partial charge in [-0.05, 0) is 43.9 Å². The van der Waals surface area contributed by atoms with E-state index < -0.39 is 0 Å². The Hall–Kier alpha value is -1.16. The Balaban J connectivity index is 2.08. The SMILES string of the molecule is CCNCc1ccc(N2CC(C)CC(C)C2C)nn1. The molecule has 0 bridgehead atoms. The highest BCUT2D eigenvalue weighted by molar-refractivity contribution is 5.39. The minimum atomic E-state index is 0.546. The summed E-state index contributed by atoms with van der Waals surface area (Å²) in [6, 6.07) is 4.74. The molecule has 1 saturated heterocycles. The maximum atomic E-state index is 4.41. The van der Waals surface area contributed by atoms with Gasteiger partial charge in [-0.15, -0.1) is 5.10 Å². The molecule has 0 amide bonds. The Morgan fingerprint density at radius 1 is 1.26 bits per heavy atom. The minimum Gasteiger partial charge on any atom is -0.352 e. The molecule has 0 radical (unpaired) electrons. The molecular formula is C15H26N4. The summed E-state index contributed by atoms with van der Waals surface area (Å²) in [5.41, 5.74) is 1.01. The maximum absolute atomic E-state index is 4.41. The van der Waals surface area contributed by atoms with Crippen molar-refractivity contribution >= 4 is 5.82 Å². The van der Waals surface area contributed by atoms with Gasteiger partial charge in [0.15, 0.2) is 5.82 Å². The van der Waals surface area contributed by atoms with Gasteiger partial charge in [0.25, 0.3) is 0 Å². The molecule has 1 N–H and O–H groups in total. The number of nitrogens with one attached hydrogen (secondary N) is 1. The van der Waals surface area contributed by atoms with Crippen LogP contribution in [0, 0.1) is 11.8 Å². The molecule has 1 aromatic heterocycles. The lowest BCUT2D eigenvalue weighted by Gasteiger charge is -2.41. The third-order valence-electron chi connectivity index (χ3n) is 4.15. The molecule has 2 rings (SSSR count). The Bertz CT molecular complexity index is 390. The highest BCUT2D eigenvalue weighted by atomic mass is 15.3. The topological polar surface area (TPSA) is 41.0 Å². The first kappa shape index (κ1) is 14.3. The Kier molecular flexibility index (Phi) is 4.75. The number of nitrogens with zero attached hydrogens (tertiary/aromatic N) is 3. The van der Waals surface area contributed by atoms with Crippen LogP contribution in [0.15, 0.2) is 12.1 Å². The summed E-state index contributed by atoms with van der Waals surface area (Å²) in [6.45, 7) is 11.9. The van der Waals surface area contributed by atoms with E-state index in [0.29, 0.717) is 12.0 Å². The number of piperidine rings is 1. The van der Waals surface area contributed by atoms with Crippen molar-refractivity contribution in [3.8, 4) is 0 Å². The fraction of sp³-hybridized carbons (Fsp3) is 0.733. The van der Waals surface area contributed by atoms with E-state index >= 15 is 0 Å². The highest BCUT2D eigenvalue weighted by Crippen LogP contribution is 2.29. The first-order chi connectivity index (χ1) is 9.11. The van der Waals surface area contributed by atoms with Crippen LogP contribution in [0.25, 0.3) is 0 Å². The zero-order valence-corrected chi connectivity index (χ0v) is 12.6. The van der Waals surface area contributed by atoms with Gasteiger partial charge in [0, 0.05) is 19.1 Å². The van der Waals surface area contributed by atoms with Crippen LogP contribution >= 0.6 is 0 Å². The van der Waals surface area contributed by atoms with E-state index in [1.807, 2.05) is 0 Å². The van der Waals surface area contributed by atoms with E-state index in [1.165, 1.54) is 6.42 Å². The predicted molar refractivity (Wildman–Crippen MR) is 79.2 cm³/mol. The third kappa shape index (κ3) is 3.44. The van der Waals surface area contributed by atoms with Crippen LogP contribution < -0.4 is 10.2 Å². The van der Waals surface area contributed by atoms with Gasteiger partial charge in [0.1, 0.15) is 0 Å². The number of rotatable bonds is 4. The Labute approximate surface area is 116 Å². The normalized spacial score (nSPS) is 27.6. The number of aromatic nitrogens is 2. The van der Waals surface area contributed by atoms with Gasteiger partial charge in [-0.3, -0.25) is 0 Å². The molecule has 0 spiro atoms. The molecule has 3 atom stereocenters. The van der Waals surface area contributed by atoms with Gasteiger partial charge in [0.2, 0.25) is 0 Å². The van der Waals surface area contributed by atoms with Crippen molar-refractivity contribution in [3.63, 3.8) is 0 Å². The molecule has 106 valence electrons. The van der Waals surface area contributed by atoms with Crippen molar-refractivity contribution in [1.29, 1.82) is 0 Å². The smallest absolute Gasteiger partial charge is 0.151 e. The lowest BCUT2D eigenvalue weighted by atomic mass is 9.86. The zero-order valence-electron chi connectivity index (χ0n) is 12.6. The van der Waals surface area contributed by atoms with E-state index in [-0.39, 0.29) is 0 Å². The second kappa shape index (κ2) is 6.33. The molecule has 2 heterocycles. The van der Waals surface area contributed by atoms with E-state index in [1.54, 1.807) is 0 Å². The summed E-state index contributed by atoms with van der Waals surface area (Å²) < 4.78 is 0. The summed E-state index contributed by atoms with van der Waals surface area (Å²) >= 11 is 0. The quantitative estimate of drug-likeness (QED) is 0.905. The monoisotopic (exact) mass is 262 g/mol. The first-order valence-corrected chi connectivity index (χ1v) is 7.41. The molecule has 3 unspecified atom stereocenters. The average Bonchev–Trinajstić information content (AvgIpc) is 2.41. The second-order valence-electron chi connectivity index (χ2n) is 5.87. The lowest BCUT2D eigenvalue weighted by molar-refractivity contribution is 0.295. The second-order valence-corrected chi connectivity index (χ2v) is 5.87. The standard InChI is InChI=1S/C15H26N4/c1-5-16-9-14-6-7-15(18-17-14)19-10-11(2)8-12(3)13(19)4/h6-7,11-13,16H,5,8-10H2,1-4H3. The van der Waals surface area contributed by atoms with Crippen molar-refractivity contribution in [2.75, 3.05) is 18.0 Å². The fourth-order valence-corrected chi connectivity index (χ4v) is 2.87. The van der Waals surface area contributed by atoms with Crippen molar-refractivity contribution in [3.05, 3.63) is 17.8 Å². The van der Waals surface area contributed by atoms with Crippen molar-refractivity contribution in [2.24, 2.45) is 11.8 Å². The van der Waals surface area contributed by atoms with Crippen LogP contribution in [0.2, 0.25) is 0 Å². The summed E-state index contributed by atoms with van der Waals surface area (Å²) in [5.74, 6) is 2.47. The zero-order chi connectivity index (χ0) is 13.8. The highest BCUT2D eigenvalue weighted by Gasteiger charge is 2.29. The molecule has 19 heavy (non-hydrogen) atoms. The molecule has 0 aromatic carbocycles. The largest absolute Gasteiger partial charge is 0.352 e. The van der Waals surface area contributed by atoms with Crippen molar-refractivity contribution < 1.29 is 0 Å². The van der Waals surface area contributed by atoms with E-state index in [2.05, 4.69) is 60.2 Å². The van der Waals surface area contributed by atoms with Crippen LogP contribution in [0.5, 0.6) is 0 Å². The molecule has 0 aliphatic carbocycles. The van der Waals surface area contributed by atoms with E-state index in [9.17, 15) is 0 Å². The fourth-order valence-electron chi connectivity index (χ4n) is 2.87. The van der Waals surface area contributed by atoms with Crippen LogP contribution in [-0.4, -0.2) is 29.3 Å². The number of hydrogen-bond donors (Lipinski definition) is 1. The maximum Gasteiger partial charge on any atom is 0.151 e. The van der Waals surface area contributed by atoms with E-state index in [0.717, 1.165) is 37.1 Å². The summed E-state index contributed by atoms with van der Waals surface area (Å²) in [5, 5.41) is 12.0. The van der Waals surface area contributed by atoms with Gasteiger partial charge in [0.05, 0.1) is 5.69 Å². The third-order valence-corrected chi connectivity index (χ3v) is 4.15. The van der Waals surface area contributed by atoms with Gasteiger partial charge in [-0.2, -0.15) is 5.10 Å². The molecule has 0 saturated carbocycles. The molecule has 1 fully saturated rings. The lowest BCUT2D eigenvalue weighted by Crippen LogP contribution is -2.46. The minimum absolute atomic E-state index is 0.546. The molecular weight excluding hydrogens is 236 g/mol. The summed E-state index contributed by atoms with van der Waals surface area (Å²) in [7, 11) is 0. The van der Waals surface area contributed by atoms with Crippen LogP contribution in [0.3, 0.4) is 0 Å². The summed E-state index contributed by atoms with van der Waals surface area (Å²) in [6.07, 6.45) is 1.31. The molecule has 4 heteroatoms. The number of hydrogen-bond acceptors (Lipinski definition) is 4. The first-order valence-electron chi connectivity index (χ1n) is 7.41. The van der Waals surface area contributed by atoms with E-state index in [4.69, 9.17) is 0 Å². The van der Waals surface area contributed by atoms with Crippen molar-refractivity contribution in [1.82, 2.24) is 15.5 Å². The molecule has 1 aliphatic heterocycles. The Morgan fingerprint density at radius 3 is 2.68 bits per heavy atom. The predicted octanol–water partition coefficient (Wildman–Crippen LogP) is 2.46. The molecule has 1 aliphatic rings. The van der Waals surface area contributed by atoms with Gasteiger partial charge in [-0.1, -0.05) is 20.8 Å². The molecule has 4 nitrogen and oxygen atoms in total. The van der Waals surface area contributed by atoms with Gasteiger partial charge >= 0.3 is 0 Å². The van der Waals surface area contributed by atoms with Gasteiger partial charge in [-0.25, -0.2) is 0 Å². The van der Waals surface area contributed by atoms with Crippen LogP contribution in [-0.2, 0) is 6.54 Å². The average molecular weight is 262 g/mol. The van der Waals surface area contributed by atoms with Crippen LogP contribution in [0.1, 0.15) is 39.8 Å². The van der Waals surface area contributed by atoms with Crippen LogP contribution in [0.4, 0.5) is 5.82 Å². The number of anilines is 1. The summed E-state index contributed by atoms with van der Waals surface area (Å²) in [4.78, 5) is 2.41. The molecule has 1 aromatic rings. The Morgan fingerprint density at radius 2 is 2.05 bits per heavy atom.